The summed E-state index contributed by atoms with van der Waals surface area (Å²) in [5.74, 6) is -1.48. The second-order valence-corrected chi connectivity index (χ2v) is 13.6. The Morgan fingerprint density at radius 3 is 2.19 bits per heavy atom. The highest BCUT2D eigenvalue weighted by Gasteiger charge is 2.50. The molecule has 1 saturated heterocycles. The van der Waals surface area contributed by atoms with Crippen LogP contribution in [0.5, 0.6) is 0 Å². The predicted octanol–water partition coefficient (Wildman–Crippen LogP) is 6.46. The number of alkyl carbamates (subject to hydrolysis) is 1. The molecule has 2 atom stereocenters. The number of aliphatic carboxylic acids is 1. The van der Waals surface area contributed by atoms with Crippen molar-refractivity contribution in [2.24, 2.45) is 11.8 Å². The number of likely N-dealkylation sites (tertiary alicyclic amines) is 1. The highest BCUT2D eigenvalue weighted by Crippen LogP contribution is 2.53. The SMILES string of the molecule is CC(C)(C)OC(=O)N1CC[C@H]([C@H](Cc2ccc(C34CCC(NC(=O)OCc5ccccc5)(CC3)CC4)cc2)C(=O)O)C1. The van der Waals surface area contributed by atoms with Gasteiger partial charge in [-0.3, -0.25) is 4.79 Å². The van der Waals surface area contributed by atoms with Crippen LogP contribution in [0.1, 0.15) is 82.4 Å². The molecule has 6 rings (SSSR count). The fraction of sp³-hybridized carbons (Fsp3) is 0.559. The van der Waals surface area contributed by atoms with Gasteiger partial charge in [0.15, 0.2) is 0 Å². The fourth-order valence-electron chi connectivity index (χ4n) is 7.09. The van der Waals surface area contributed by atoms with Gasteiger partial charge in [-0.1, -0.05) is 54.6 Å². The molecule has 0 spiro atoms. The summed E-state index contributed by atoms with van der Waals surface area (Å²) in [5, 5.41) is 13.3. The first-order valence-electron chi connectivity index (χ1n) is 15.3. The van der Waals surface area contributed by atoms with Crippen LogP contribution in [0.4, 0.5) is 9.59 Å². The Kier molecular flexibility index (Phi) is 8.53. The van der Waals surface area contributed by atoms with Gasteiger partial charge in [0.05, 0.1) is 5.92 Å². The van der Waals surface area contributed by atoms with Crippen LogP contribution in [0.15, 0.2) is 54.6 Å². The number of nitrogens with zero attached hydrogens (tertiary/aromatic N) is 1. The number of fused-ring (bicyclic) bond motifs is 3. The smallest absolute Gasteiger partial charge is 0.410 e. The lowest BCUT2D eigenvalue weighted by Gasteiger charge is -2.53. The molecule has 1 heterocycles. The van der Waals surface area contributed by atoms with Crippen molar-refractivity contribution in [3.8, 4) is 0 Å². The number of rotatable bonds is 8. The highest BCUT2D eigenvalue weighted by molar-refractivity contribution is 5.72. The third-order valence-electron chi connectivity index (χ3n) is 9.61. The summed E-state index contributed by atoms with van der Waals surface area (Å²) in [5.41, 5.74) is 2.60. The number of nitrogens with one attached hydrogen (secondary N) is 1. The molecule has 3 aliphatic carbocycles. The number of hydrogen-bond acceptors (Lipinski definition) is 5. The number of carbonyl (C=O) groups excluding carboxylic acids is 2. The lowest BCUT2D eigenvalue weighted by Crippen LogP contribution is -2.57. The van der Waals surface area contributed by atoms with Crippen molar-refractivity contribution >= 4 is 18.2 Å². The maximum atomic E-state index is 12.6. The van der Waals surface area contributed by atoms with E-state index < -0.39 is 17.5 Å². The van der Waals surface area contributed by atoms with Crippen LogP contribution < -0.4 is 5.32 Å². The van der Waals surface area contributed by atoms with Gasteiger partial charge in [-0.15, -0.1) is 0 Å². The fourth-order valence-corrected chi connectivity index (χ4v) is 7.09. The van der Waals surface area contributed by atoms with Crippen LogP contribution in [0.3, 0.4) is 0 Å². The predicted molar refractivity (Wildman–Crippen MR) is 159 cm³/mol. The summed E-state index contributed by atoms with van der Waals surface area (Å²) >= 11 is 0. The van der Waals surface area contributed by atoms with Gasteiger partial charge >= 0.3 is 18.2 Å². The maximum Gasteiger partial charge on any atom is 0.410 e. The minimum atomic E-state index is -0.820. The molecule has 0 radical (unpaired) electrons. The zero-order chi connectivity index (χ0) is 30.0. The number of ether oxygens (including phenoxy) is 2. The molecule has 0 aromatic heterocycles. The van der Waals surface area contributed by atoms with E-state index in [1.54, 1.807) is 4.90 Å². The molecule has 4 aliphatic rings. The Morgan fingerprint density at radius 1 is 0.952 bits per heavy atom. The molecule has 2 N–H and O–H groups in total. The van der Waals surface area contributed by atoms with Crippen molar-refractivity contribution in [3.63, 3.8) is 0 Å². The van der Waals surface area contributed by atoms with Crippen LogP contribution in [-0.4, -0.2) is 52.4 Å². The zero-order valence-electron chi connectivity index (χ0n) is 25.1. The Bertz CT molecular complexity index is 1240. The molecule has 8 heteroatoms. The van der Waals surface area contributed by atoms with Gasteiger partial charge in [-0.2, -0.15) is 0 Å². The number of hydrogen-bond donors (Lipinski definition) is 2. The first-order chi connectivity index (χ1) is 20.0. The summed E-state index contributed by atoms with van der Waals surface area (Å²) in [7, 11) is 0. The van der Waals surface area contributed by atoms with Gasteiger partial charge < -0.3 is 24.8 Å². The third-order valence-corrected chi connectivity index (χ3v) is 9.61. The van der Waals surface area contributed by atoms with Gasteiger partial charge in [-0.25, -0.2) is 9.59 Å². The summed E-state index contributed by atoms with van der Waals surface area (Å²) in [4.78, 5) is 39.0. The van der Waals surface area contributed by atoms with Crippen molar-refractivity contribution < 1.29 is 29.0 Å². The van der Waals surface area contributed by atoms with Crippen LogP contribution in [0.2, 0.25) is 0 Å². The molecule has 3 saturated carbocycles. The quantitative estimate of drug-likeness (QED) is 0.374. The number of carboxylic acid groups (broad SMARTS) is 1. The number of amides is 2. The van der Waals surface area contributed by atoms with E-state index in [0.29, 0.717) is 25.9 Å². The van der Waals surface area contributed by atoms with E-state index in [1.807, 2.05) is 51.1 Å². The number of carboxylic acids is 1. The van der Waals surface area contributed by atoms with E-state index in [-0.39, 0.29) is 35.7 Å². The van der Waals surface area contributed by atoms with E-state index in [9.17, 15) is 19.5 Å². The molecule has 2 aromatic carbocycles. The van der Waals surface area contributed by atoms with Crippen molar-refractivity contribution in [1.29, 1.82) is 0 Å². The Morgan fingerprint density at radius 2 is 1.60 bits per heavy atom. The lowest BCUT2D eigenvalue weighted by atomic mass is 9.55. The number of carbonyl (C=O) groups is 3. The van der Waals surface area contributed by atoms with Gasteiger partial charge in [0.1, 0.15) is 12.2 Å². The van der Waals surface area contributed by atoms with E-state index in [4.69, 9.17) is 9.47 Å². The Hall–Kier alpha value is -3.55. The molecule has 4 fully saturated rings. The molecule has 226 valence electrons. The van der Waals surface area contributed by atoms with Crippen molar-refractivity contribution in [1.82, 2.24) is 10.2 Å². The summed E-state index contributed by atoms with van der Waals surface area (Å²) < 4.78 is 11.0. The van der Waals surface area contributed by atoms with Gasteiger partial charge in [-0.05, 0) is 100 Å². The molecule has 2 aromatic rings. The average Bonchev–Trinajstić information content (AvgIpc) is 3.46. The third kappa shape index (κ3) is 6.90. The largest absolute Gasteiger partial charge is 0.481 e. The molecule has 2 amide bonds. The first kappa shape index (κ1) is 29.9. The van der Waals surface area contributed by atoms with Crippen LogP contribution in [0, 0.1) is 11.8 Å². The molecule has 8 nitrogen and oxygen atoms in total. The van der Waals surface area contributed by atoms with Crippen molar-refractivity contribution in [3.05, 3.63) is 71.3 Å². The maximum absolute atomic E-state index is 12.6. The second-order valence-electron chi connectivity index (χ2n) is 13.6. The molecular formula is C34H44N2O6. The Labute approximate surface area is 248 Å². The van der Waals surface area contributed by atoms with Crippen molar-refractivity contribution in [2.45, 2.75) is 95.3 Å². The van der Waals surface area contributed by atoms with Gasteiger partial charge in [0, 0.05) is 18.6 Å². The molecule has 2 bridgehead atoms. The van der Waals surface area contributed by atoms with E-state index >= 15 is 0 Å². The van der Waals surface area contributed by atoms with Crippen LogP contribution in [-0.2, 0) is 32.7 Å². The van der Waals surface area contributed by atoms with Crippen LogP contribution >= 0.6 is 0 Å². The first-order valence-corrected chi connectivity index (χ1v) is 15.3. The summed E-state index contributed by atoms with van der Waals surface area (Å²) in [6, 6.07) is 18.2. The van der Waals surface area contributed by atoms with Gasteiger partial charge in [0.2, 0.25) is 0 Å². The monoisotopic (exact) mass is 576 g/mol. The highest BCUT2D eigenvalue weighted by atomic mass is 16.6. The Balaban J connectivity index is 1.15. The lowest BCUT2D eigenvalue weighted by molar-refractivity contribution is -0.143. The molecular weight excluding hydrogens is 532 g/mol. The minimum Gasteiger partial charge on any atom is -0.481 e. The van der Waals surface area contributed by atoms with Crippen LogP contribution in [0.25, 0.3) is 0 Å². The van der Waals surface area contributed by atoms with Crippen molar-refractivity contribution in [2.75, 3.05) is 13.1 Å². The van der Waals surface area contributed by atoms with E-state index in [0.717, 1.165) is 49.7 Å². The summed E-state index contributed by atoms with van der Waals surface area (Å²) in [6.45, 7) is 6.69. The standard InChI is InChI=1S/C34H44N2O6/c1-32(2,3)42-31(40)36-20-13-26(22-36)28(29(37)38)21-24-9-11-27(12-10-24)33-14-17-34(18-15-33,19-16-33)35-30(39)41-23-25-7-5-4-6-8-25/h4-12,26,28H,13-23H2,1-3H3,(H,35,39)(H,37,38)/t26-,28-,33?,34?/m0/s1. The number of benzene rings is 2. The molecule has 42 heavy (non-hydrogen) atoms. The topological polar surface area (TPSA) is 105 Å². The van der Waals surface area contributed by atoms with Gasteiger partial charge in [0.25, 0.3) is 0 Å². The average molecular weight is 577 g/mol. The van der Waals surface area contributed by atoms with E-state index in [2.05, 4.69) is 29.6 Å². The normalized spacial score (nSPS) is 26.0. The summed E-state index contributed by atoms with van der Waals surface area (Å²) in [6.07, 6.45) is 6.16. The molecule has 1 aliphatic heterocycles. The van der Waals surface area contributed by atoms with E-state index in [1.165, 1.54) is 5.56 Å². The molecule has 0 unspecified atom stereocenters. The minimum absolute atomic E-state index is 0.0987. The zero-order valence-corrected chi connectivity index (χ0v) is 25.1. The second kappa shape index (κ2) is 12.0.